The van der Waals surface area contributed by atoms with Gasteiger partial charge in [0.05, 0.1) is 22.8 Å². The number of H-pyrrole nitrogens is 2. The first-order valence-corrected chi connectivity index (χ1v) is 10.1. The Morgan fingerprint density at radius 2 is 1.12 bits per heavy atom. The van der Waals surface area contributed by atoms with Crippen LogP contribution in [-0.2, 0) is 16.8 Å². The Bertz CT molecular complexity index is 1540. The van der Waals surface area contributed by atoms with Gasteiger partial charge >= 0.3 is 0 Å². The van der Waals surface area contributed by atoms with E-state index >= 15 is 0 Å². The molecule has 4 aromatic rings. The molecule has 0 aliphatic carbocycles. The molecule has 8 bridgehead atoms. The summed E-state index contributed by atoms with van der Waals surface area (Å²) in [5.41, 5.74) is 9.46. The van der Waals surface area contributed by atoms with Crippen molar-refractivity contribution in [3.63, 3.8) is 0 Å². The van der Waals surface area contributed by atoms with Gasteiger partial charge in [0, 0.05) is 44.4 Å². The van der Waals surface area contributed by atoms with Gasteiger partial charge in [-0.15, -0.1) is 0 Å². The van der Waals surface area contributed by atoms with Crippen molar-refractivity contribution in [1.82, 2.24) is 19.9 Å². The number of phenols is 1. The molecule has 6 heteroatoms. The van der Waals surface area contributed by atoms with Gasteiger partial charge in [0.1, 0.15) is 5.75 Å². The smallest absolute Gasteiger partial charge is 0.115 e. The average molecular weight is 461 g/mol. The van der Waals surface area contributed by atoms with Crippen molar-refractivity contribution in [3.8, 4) is 5.75 Å². The molecule has 0 saturated heterocycles. The van der Waals surface area contributed by atoms with Crippen molar-refractivity contribution in [2.45, 2.75) is 0 Å². The van der Waals surface area contributed by atoms with Crippen LogP contribution in [0.1, 0.15) is 28.3 Å². The summed E-state index contributed by atoms with van der Waals surface area (Å²) in [5.74, 6) is 0.245. The molecule has 157 valence electrons. The number of aromatic nitrogens is 4. The fourth-order valence-electron chi connectivity index (χ4n) is 3.89. The molecule has 3 N–H and O–H groups in total. The summed E-state index contributed by atoms with van der Waals surface area (Å²) in [6.07, 6.45) is 6.09. The quantitative estimate of drug-likeness (QED) is 0.291. The summed E-state index contributed by atoms with van der Waals surface area (Å²) in [6.45, 7) is 0. The Hall–Kier alpha value is -3.87. The van der Waals surface area contributed by atoms with Crippen LogP contribution >= 0.6 is 0 Å². The number of hydrogen-bond donors (Lipinski definition) is 3. The maximum absolute atomic E-state index is 9.68. The predicted molar refractivity (Wildman–Crippen MR) is 125 cm³/mol. The minimum atomic E-state index is 0. The summed E-state index contributed by atoms with van der Waals surface area (Å²) in [6, 6.07) is 23.5. The normalized spacial score (nSPS) is 12.3. The maximum Gasteiger partial charge on any atom is 0.115 e. The van der Waals surface area contributed by atoms with Crippen molar-refractivity contribution in [3.05, 3.63) is 101 Å². The number of benzene rings is 1. The Morgan fingerprint density at radius 1 is 0.594 bits per heavy atom. The van der Waals surface area contributed by atoms with E-state index in [0.29, 0.717) is 0 Å². The SMILES string of the molecule is Oc1ccc(C2=Cc3cc4ccc(cc5nc(cc6ccc(cc2n3)[nH]6)C=C5)[nH]4)cc1.[Co]. The minimum absolute atomic E-state index is 0. The third-order valence-corrected chi connectivity index (χ3v) is 5.34. The second-order valence-corrected chi connectivity index (χ2v) is 7.64. The fourth-order valence-corrected chi connectivity index (χ4v) is 3.89. The van der Waals surface area contributed by atoms with E-state index in [9.17, 15) is 5.11 Å². The van der Waals surface area contributed by atoms with E-state index in [2.05, 4.69) is 21.0 Å². The van der Waals surface area contributed by atoms with E-state index < -0.39 is 0 Å². The van der Waals surface area contributed by atoms with Gasteiger partial charge < -0.3 is 15.1 Å². The largest absolute Gasteiger partial charge is 0.508 e. The third kappa shape index (κ3) is 3.89. The van der Waals surface area contributed by atoms with Gasteiger partial charge in [0.2, 0.25) is 0 Å². The average Bonchev–Trinajstić information content (AvgIpc) is 3.54. The monoisotopic (exact) mass is 461 g/mol. The Labute approximate surface area is 194 Å². The molecule has 0 spiro atoms. The van der Waals surface area contributed by atoms with Gasteiger partial charge in [-0.3, -0.25) is 0 Å². The zero-order valence-electron chi connectivity index (χ0n) is 16.8. The van der Waals surface area contributed by atoms with Crippen molar-refractivity contribution >= 4 is 45.9 Å². The molecule has 6 rings (SSSR count). The second kappa shape index (κ2) is 7.99. The van der Waals surface area contributed by atoms with Gasteiger partial charge in [-0.2, -0.15) is 0 Å². The van der Waals surface area contributed by atoms with Crippen LogP contribution in [-0.4, -0.2) is 25.0 Å². The van der Waals surface area contributed by atoms with E-state index in [4.69, 9.17) is 4.98 Å². The molecule has 3 aromatic heterocycles. The first-order valence-electron chi connectivity index (χ1n) is 10.1. The topological polar surface area (TPSA) is 77.6 Å². The fraction of sp³-hybridized carbons (Fsp3) is 0. The van der Waals surface area contributed by atoms with E-state index in [1.807, 2.05) is 72.8 Å². The second-order valence-electron chi connectivity index (χ2n) is 7.64. The number of nitrogens with one attached hydrogen (secondary N) is 2. The molecule has 2 aliphatic rings. The van der Waals surface area contributed by atoms with Crippen LogP contribution < -0.4 is 0 Å². The summed E-state index contributed by atoms with van der Waals surface area (Å²) in [4.78, 5) is 16.4. The van der Waals surface area contributed by atoms with E-state index in [-0.39, 0.29) is 22.5 Å². The zero-order chi connectivity index (χ0) is 20.8. The number of nitrogens with zero attached hydrogens (tertiary/aromatic N) is 2. The molecule has 0 fully saturated rings. The molecule has 0 atom stereocenters. The molecule has 0 saturated carbocycles. The van der Waals surface area contributed by atoms with Crippen molar-refractivity contribution in [1.29, 1.82) is 0 Å². The molecule has 0 amide bonds. The van der Waals surface area contributed by atoms with Crippen LogP contribution in [0.3, 0.4) is 0 Å². The number of rotatable bonds is 1. The first-order chi connectivity index (χ1) is 15.2. The number of aromatic hydroxyl groups is 1. The first kappa shape index (κ1) is 20.1. The minimum Gasteiger partial charge on any atom is -0.508 e. The van der Waals surface area contributed by atoms with E-state index in [1.165, 1.54) is 0 Å². The van der Waals surface area contributed by atoms with Crippen LogP contribution in [0, 0.1) is 0 Å². The van der Waals surface area contributed by atoms with Crippen LogP contribution in [0.15, 0.2) is 72.8 Å². The van der Waals surface area contributed by atoms with Gasteiger partial charge in [0.15, 0.2) is 0 Å². The van der Waals surface area contributed by atoms with Gasteiger partial charge in [-0.05, 0) is 84.5 Å². The number of hydrogen-bond acceptors (Lipinski definition) is 3. The van der Waals surface area contributed by atoms with Gasteiger partial charge in [0.25, 0.3) is 0 Å². The summed E-state index contributed by atoms with van der Waals surface area (Å²) in [5, 5.41) is 9.68. The standard InChI is InChI=1S/C26H18N4O.Co/c31-24-9-1-16(2-10-24)25-14-23-13-21-6-5-19(28-21)11-17-3-4-18(27-17)12-20-7-8-22(29-20)15-26(25)30-23;/h1-15,28-29,31H;. The van der Waals surface area contributed by atoms with Crippen molar-refractivity contribution < 1.29 is 21.9 Å². The van der Waals surface area contributed by atoms with E-state index in [0.717, 1.165) is 56.0 Å². The van der Waals surface area contributed by atoms with Gasteiger partial charge in [-0.25, -0.2) is 9.97 Å². The summed E-state index contributed by atoms with van der Waals surface area (Å²) >= 11 is 0. The van der Waals surface area contributed by atoms with Gasteiger partial charge in [-0.1, -0.05) is 12.1 Å². The zero-order valence-corrected chi connectivity index (χ0v) is 17.9. The molecule has 1 radical (unpaired) electrons. The van der Waals surface area contributed by atoms with Crippen molar-refractivity contribution in [2.24, 2.45) is 0 Å². The Balaban J connectivity index is 0.00000216. The van der Waals surface area contributed by atoms with Crippen LogP contribution in [0.2, 0.25) is 0 Å². The molecular formula is C26H18CoN4O. The van der Waals surface area contributed by atoms with Crippen LogP contribution in [0.4, 0.5) is 0 Å². The molecule has 32 heavy (non-hydrogen) atoms. The molecule has 2 aliphatic heterocycles. The molecule has 5 nitrogen and oxygen atoms in total. The number of phenolic OH excluding ortho intramolecular Hbond substituents is 1. The Kier molecular flexibility index (Phi) is 5.01. The summed E-state index contributed by atoms with van der Waals surface area (Å²) in [7, 11) is 0. The maximum atomic E-state index is 9.68. The molecule has 1 aromatic carbocycles. The number of aromatic amines is 2. The van der Waals surface area contributed by atoms with E-state index in [1.54, 1.807) is 12.1 Å². The van der Waals surface area contributed by atoms with Crippen molar-refractivity contribution in [2.75, 3.05) is 0 Å². The molecular weight excluding hydrogens is 443 g/mol. The Morgan fingerprint density at radius 3 is 1.72 bits per heavy atom. The summed E-state index contributed by atoms with van der Waals surface area (Å²) < 4.78 is 0. The number of fused-ring (bicyclic) bond motifs is 8. The van der Waals surface area contributed by atoms with Crippen LogP contribution in [0.5, 0.6) is 5.75 Å². The molecule has 5 heterocycles. The predicted octanol–water partition coefficient (Wildman–Crippen LogP) is 5.78. The molecule has 0 unspecified atom stereocenters. The van der Waals surface area contributed by atoms with Crippen LogP contribution in [0.25, 0.3) is 45.9 Å². The third-order valence-electron chi connectivity index (χ3n) is 5.34.